The van der Waals surface area contributed by atoms with Gasteiger partial charge in [0.05, 0.1) is 5.56 Å². The summed E-state index contributed by atoms with van der Waals surface area (Å²) >= 11 is 0. The second-order valence-corrected chi connectivity index (χ2v) is 8.77. The van der Waals surface area contributed by atoms with Gasteiger partial charge in [-0.2, -0.15) is 0 Å². The van der Waals surface area contributed by atoms with Gasteiger partial charge in [0.1, 0.15) is 5.82 Å². The van der Waals surface area contributed by atoms with Crippen molar-refractivity contribution in [2.24, 2.45) is 5.41 Å². The number of piperidine rings is 2. The van der Waals surface area contributed by atoms with Gasteiger partial charge in [0.15, 0.2) is 0 Å². The molecule has 5 heteroatoms. The van der Waals surface area contributed by atoms with E-state index < -0.39 is 0 Å². The molecule has 3 fully saturated rings. The lowest BCUT2D eigenvalue weighted by Gasteiger charge is -2.50. The van der Waals surface area contributed by atoms with Crippen molar-refractivity contribution < 1.29 is 4.79 Å². The van der Waals surface area contributed by atoms with Crippen LogP contribution in [0.2, 0.25) is 0 Å². The Morgan fingerprint density at radius 1 is 1.15 bits per heavy atom. The van der Waals surface area contributed by atoms with Crippen molar-refractivity contribution in [3.05, 3.63) is 23.9 Å². The van der Waals surface area contributed by atoms with Crippen LogP contribution in [0.25, 0.3) is 0 Å². The quantitative estimate of drug-likeness (QED) is 0.862. The molecule has 1 aliphatic carbocycles. The molecule has 1 aromatic rings. The maximum atomic E-state index is 12.0. The fourth-order valence-electron chi connectivity index (χ4n) is 4.87. The zero-order valence-electron chi connectivity index (χ0n) is 16.8. The van der Waals surface area contributed by atoms with Crippen LogP contribution in [0.15, 0.2) is 18.3 Å². The SMILES string of the molecule is CCCNC(=O)c1ccc(N2CCC3(CC2)CCN(C2CCC2)CC3)nc1. The maximum Gasteiger partial charge on any atom is 0.252 e. The van der Waals surface area contributed by atoms with E-state index in [9.17, 15) is 4.79 Å². The van der Waals surface area contributed by atoms with Crippen LogP contribution in [0.5, 0.6) is 0 Å². The van der Waals surface area contributed by atoms with Gasteiger partial charge < -0.3 is 15.1 Å². The Bertz CT molecular complexity index is 622. The third-order valence-electron chi connectivity index (χ3n) is 7.14. The van der Waals surface area contributed by atoms with E-state index in [1.807, 2.05) is 12.1 Å². The van der Waals surface area contributed by atoms with Crippen molar-refractivity contribution in [1.82, 2.24) is 15.2 Å². The van der Waals surface area contributed by atoms with E-state index in [0.29, 0.717) is 17.5 Å². The number of anilines is 1. The van der Waals surface area contributed by atoms with Crippen LogP contribution < -0.4 is 10.2 Å². The fourth-order valence-corrected chi connectivity index (χ4v) is 4.87. The van der Waals surface area contributed by atoms with Crippen LogP contribution in [0.1, 0.15) is 68.6 Å². The minimum absolute atomic E-state index is 0.0216. The number of hydrogen-bond donors (Lipinski definition) is 1. The Hall–Kier alpha value is -1.62. The molecule has 0 unspecified atom stereocenters. The van der Waals surface area contributed by atoms with Gasteiger partial charge in [0.2, 0.25) is 0 Å². The Morgan fingerprint density at radius 3 is 2.41 bits per heavy atom. The Labute approximate surface area is 163 Å². The molecule has 1 spiro atoms. The Morgan fingerprint density at radius 2 is 1.85 bits per heavy atom. The molecule has 0 atom stereocenters. The molecule has 1 N–H and O–H groups in total. The van der Waals surface area contributed by atoms with E-state index >= 15 is 0 Å². The van der Waals surface area contributed by atoms with Crippen LogP contribution in [0.3, 0.4) is 0 Å². The topological polar surface area (TPSA) is 48.5 Å². The highest BCUT2D eigenvalue weighted by atomic mass is 16.1. The van der Waals surface area contributed by atoms with Gasteiger partial charge in [-0.1, -0.05) is 13.3 Å². The minimum Gasteiger partial charge on any atom is -0.357 e. The van der Waals surface area contributed by atoms with Gasteiger partial charge in [-0.05, 0) is 75.6 Å². The van der Waals surface area contributed by atoms with Crippen molar-refractivity contribution in [3.8, 4) is 0 Å². The molecular formula is C22H34N4O. The molecule has 0 aromatic carbocycles. The number of rotatable bonds is 5. The summed E-state index contributed by atoms with van der Waals surface area (Å²) < 4.78 is 0. The summed E-state index contributed by atoms with van der Waals surface area (Å²) in [5.41, 5.74) is 1.22. The first-order valence-electron chi connectivity index (χ1n) is 10.9. The fraction of sp³-hybridized carbons (Fsp3) is 0.727. The van der Waals surface area contributed by atoms with Crippen LogP contribution in [-0.2, 0) is 0 Å². The second kappa shape index (κ2) is 8.17. The summed E-state index contributed by atoms with van der Waals surface area (Å²) in [6, 6.07) is 4.83. The minimum atomic E-state index is -0.0216. The van der Waals surface area contributed by atoms with Crippen LogP contribution in [-0.4, -0.2) is 54.6 Å². The van der Waals surface area contributed by atoms with Gasteiger partial charge in [-0.25, -0.2) is 4.98 Å². The first-order valence-corrected chi connectivity index (χ1v) is 10.9. The highest BCUT2D eigenvalue weighted by Gasteiger charge is 2.39. The third kappa shape index (κ3) is 4.13. The number of nitrogens with one attached hydrogen (secondary N) is 1. The molecule has 3 aliphatic rings. The van der Waals surface area contributed by atoms with E-state index in [-0.39, 0.29) is 5.91 Å². The van der Waals surface area contributed by atoms with Crippen LogP contribution in [0, 0.1) is 5.41 Å². The monoisotopic (exact) mass is 370 g/mol. The lowest BCUT2D eigenvalue weighted by molar-refractivity contribution is 0.0305. The molecule has 3 heterocycles. The van der Waals surface area contributed by atoms with Crippen molar-refractivity contribution in [2.45, 2.75) is 64.3 Å². The molecule has 0 radical (unpaired) electrons. The lowest BCUT2D eigenvalue weighted by atomic mass is 9.70. The molecule has 5 nitrogen and oxygen atoms in total. The van der Waals surface area contributed by atoms with Crippen LogP contribution in [0.4, 0.5) is 5.82 Å². The number of aromatic nitrogens is 1. The average molecular weight is 371 g/mol. The lowest BCUT2D eigenvalue weighted by Crippen LogP contribution is -2.51. The van der Waals surface area contributed by atoms with Crippen LogP contribution >= 0.6 is 0 Å². The molecule has 1 saturated carbocycles. The number of amides is 1. The third-order valence-corrected chi connectivity index (χ3v) is 7.14. The maximum absolute atomic E-state index is 12.0. The molecule has 1 aromatic heterocycles. The van der Waals surface area contributed by atoms with Crippen molar-refractivity contribution in [2.75, 3.05) is 37.6 Å². The summed E-state index contributed by atoms with van der Waals surface area (Å²) in [5, 5.41) is 2.91. The summed E-state index contributed by atoms with van der Waals surface area (Å²) in [6.45, 7) is 7.58. The van der Waals surface area contributed by atoms with E-state index in [2.05, 4.69) is 27.0 Å². The largest absolute Gasteiger partial charge is 0.357 e. The predicted octanol–water partition coefficient (Wildman–Crippen LogP) is 3.46. The van der Waals surface area contributed by atoms with Gasteiger partial charge in [0.25, 0.3) is 5.91 Å². The van der Waals surface area contributed by atoms with E-state index in [1.165, 1.54) is 58.0 Å². The summed E-state index contributed by atoms with van der Waals surface area (Å²) in [4.78, 5) is 21.8. The zero-order chi connectivity index (χ0) is 18.7. The number of carbonyl (C=O) groups excluding carboxylic acids is 1. The first kappa shape index (κ1) is 18.7. The molecule has 148 valence electrons. The van der Waals surface area contributed by atoms with Crippen molar-refractivity contribution >= 4 is 11.7 Å². The molecule has 27 heavy (non-hydrogen) atoms. The number of nitrogens with zero attached hydrogens (tertiary/aromatic N) is 3. The van der Waals surface area contributed by atoms with Gasteiger partial charge in [-0.3, -0.25) is 4.79 Å². The number of carbonyl (C=O) groups is 1. The highest BCUT2D eigenvalue weighted by Crippen LogP contribution is 2.43. The van der Waals surface area contributed by atoms with Gasteiger partial charge >= 0.3 is 0 Å². The number of likely N-dealkylation sites (tertiary alicyclic amines) is 1. The second-order valence-electron chi connectivity index (χ2n) is 8.77. The Balaban J connectivity index is 1.28. The van der Waals surface area contributed by atoms with E-state index in [4.69, 9.17) is 0 Å². The van der Waals surface area contributed by atoms with Crippen molar-refractivity contribution in [1.29, 1.82) is 0 Å². The van der Waals surface area contributed by atoms with Crippen molar-refractivity contribution in [3.63, 3.8) is 0 Å². The summed E-state index contributed by atoms with van der Waals surface area (Å²) in [5.74, 6) is 0.996. The molecule has 2 saturated heterocycles. The van der Waals surface area contributed by atoms with E-state index in [1.54, 1.807) is 6.20 Å². The normalized spacial score (nSPS) is 23.2. The molecule has 2 aliphatic heterocycles. The molecular weight excluding hydrogens is 336 g/mol. The zero-order valence-corrected chi connectivity index (χ0v) is 16.8. The Kier molecular flexibility index (Phi) is 5.67. The predicted molar refractivity (Wildman–Crippen MR) is 109 cm³/mol. The smallest absolute Gasteiger partial charge is 0.252 e. The molecule has 4 rings (SSSR count). The number of hydrogen-bond acceptors (Lipinski definition) is 4. The average Bonchev–Trinajstić information content (AvgIpc) is 2.67. The summed E-state index contributed by atoms with van der Waals surface area (Å²) in [6.07, 6.45) is 12.3. The highest BCUT2D eigenvalue weighted by molar-refractivity contribution is 5.94. The molecule has 1 amide bonds. The molecule has 0 bridgehead atoms. The van der Waals surface area contributed by atoms with Gasteiger partial charge in [-0.15, -0.1) is 0 Å². The van der Waals surface area contributed by atoms with Gasteiger partial charge in [0, 0.05) is 31.9 Å². The summed E-state index contributed by atoms with van der Waals surface area (Å²) in [7, 11) is 0. The number of pyridine rings is 1. The standard InChI is InChI=1S/C22H34N4O/c1-2-12-23-21(27)18-6-7-20(24-17-18)26-15-10-22(11-16-26)8-13-25(14-9-22)19-4-3-5-19/h6-7,17,19H,2-5,8-16H2,1H3,(H,23,27). The van der Waals surface area contributed by atoms with E-state index in [0.717, 1.165) is 31.4 Å². The first-order chi connectivity index (χ1) is 13.2.